The molecule has 2 aromatic heterocycles. The standard InChI is InChI=1S/C51H31NO/c1-3-13-34(14-4-1)29-30-51(37-25-23-36(24-26-37)35-15-5-2-6-16-35)45-20-10-7-17-39(45)40-28-27-38(31-46(40)51)52-47-21-11-8-18-41(47)43-33-50-44(32-48(43)52)42-19-9-12-22-49(42)53-50/h1-28,31-33H. The van der Waals surface area contributed by atoms with Crippen LogP contribution < -0.4 is 0 Å². The number of hydrogen-bond donors (Lipinski definition) is 0. The highest BCUT2D eigenvalue weighted by atomic mass is 16.3. The van der Waals surface area contributed by atoms with E-state index >= 15 is 0 Å². The van der Waals surface area contributed by atoms with Crippen molar-refractivity contribution in [3.8, 4) is 39.8 Å². The summed E-state index contributed by atoms with van der Waals surface area (Å²) in [5.74, 6) is 7.55. The van der Waals surface area contributed by atoms with Crippen molar-refractivity contribution in [1.82, 2.24) is 4.57 Å². The van der Waals surface area contributed by atoms with Gasteiger partial charge in [0.05, 0.1) is 11.0 Å². The van der Waals surface area contributed by atoms with Crippen molar-refractivity contribution in [3.63, 3.8) is 0 Å². The molecule has 10 aromatic rings. The predicted octanol–water partition coefficient (Wildman–Crippen LogP) is 12.7. The van der Waals surface area contributed by atoms with Gasteiger partial charge in [-0.3, -0.25) is 0 Å². The number of para-hydroxylation sites is 2. The largest absolute Gasteiger partial charge is 0.456 e. The number of fused-ring (bicyclic) bond motifs is 9. The fourth-order valence-electron chi connectivity index (χ4n) is 8.62. The van der Waals surface area contributed by atoms with Crippen LogP contribution in [0, 0.1) is 11.8 Å². The smallest absolute Gasteiger partial charge is 0.136 e. The van der Waals surface area contributed by atoms with E-state index in [1.807, 2.05) is 18.2 Å². The summed E-state index contributed by atoms with van der Waals surface area (Å²) in [5.41, 5.74) is 13.9. The van der Waals surface area contributed by atoms with Gasteiger partial charge in [0.2, 0.25) is 0 Å². The number of furan rings is 1. The molecule has 0 bridgehead atoms. The van der Waals surface area contributed by atoms with E-state index in [1.165, 1.54) is 44.2 Å². The molecule has 2 heteroatoms. The van der Waals surface area contributed by atoms with Crippen LogP contribution in [-0.4, -0.2) is 4.57 Å². The van der Waals surface area contributed by atoms with Crippen LogP contribution >= 0.6 is 0 Å². The quantitative estimate of drug-likeness (QED) is 0.171. The van der Waals surface area contributed by atoms with Crippen LogP contribution in [0.25, 0.3) is 71.7 Å². The van der Waals surface area contributed by atoms with Crippen molar-refractivity contribution < 1.29 is 4.42 Å². The Labute approximate surface area is 307 Å². The average molecular weight is 674 g/mol. The van der Waals surface area contributed by atoms with Crippen molar-refractivity contribution >= 4 is 43.7 Å². The molecule has 1 unspecified atom stereocenters. The van der Waals surface area contributed by atoms with Gasteiger partial charge in [0, 0.05) is 32.8 Å². The first kappa shape index (κ1) is 29.6. The maximum absolute atomic E-state index is 6.37. The molecule has 11 rings (SSSR count). The summed E-state index contributed by atoms with van der Waals surface area (Å²) in [6.45, 7) is 0. The molecule has 1 atom stereocenters. The van der Waals surface area contributed by atoms with Crippen LogP contribution in [0.15, 0.2) is 192 Å². The second-order valence-electron chi connectivity index (χ2n) is 13.9. The van der Waals surface area contributed by atoms with E-state index < -0.39 is 5.41 Å². The van der Waals surface area contributed by atoms with Gasteiger partial charge in [-0.15, -0.1) is 0 Å². The monoisotopic (exact) mass is 673 g/mol. The zero-order valence-electron chi connectivity index (χ0n) is 28.8. The van der Waals surface area contributed by atoms with Gasteiger partial charge in [0.15, 0.2) is 0 Å². The normalized spacial score (nSPS) is 14.7. The molecule has 53 heavy (non-hydrogen) atoms. The van der Waals surface area contributed by atoms with E-state index in [0.717, 1.165) is 49.8 Å². The molecule has 246 valence electrons. The molecule has 0 saturated carbocycles. The molecule has 0 amide bonds. The Balaban J connectivity index is 1.20. The van der Waals surface area contributed by atoms with Crippen molar-refractivity contribution in [3.05, 3.63) is 210 Å². The van der Waals surface area contributed by atoms with Gasteiger partial charge >= 0.3 is 0 Å². The minimum absolute atomic E-state index is 0.709. The third kappa shape index (κ3) is 4.41. The van der Waals surface area contributed by atoms with Crippen molar-refractivity contribution in [2.24, 2.45) is 0 Å². The lowest BCUT2D eigenvalue weighted by molar-refractivity contribution is 0.669. The summed E-state index contributed by atoms with van der Waals surface area (Å²) in [6.07, 6.45) is 0. The minimum atomic E-state index is -0.709. The molecule has 0 saturated heterocycles. The Kier molecular flexibility index (Phi) is 6.41. The lowest BCUT2D eigenvalue weighted by atomic mass is 9.72. The molecule has 0 aliphatic heterocycles. The van der Waals surface area contributed by atoms with Crippen LogP contribution in [0.5, 0.6) is 0 Å². The van der Waals surface area contributed by atoms with Crippen LogP contribution in [0.1, 0.15) is 22.3 Å². The molecular formula is C51H31NO. The summed E-state index contributed by atoms with van der Waals surface area (Å²) in [6, 6.07) is 67.3. The number of nitrogens with zero attached hydrogens (tertiary/aromatic N) is 1. The number of benzene rings is 8. The van der Waals surface area contributed by atoms with Crippen molar-refractivity contribution in [2.45, 2.75) is 5.41 Å². The summed E-state index contributed by atoms with van der Waals surface area (Å²) < 4.78 is 8.79. The molecule has 0 radical (unpaired) electrons. The summed E-state index contributed by atoms with van der Waals surface area (Å²) in [4.78, 5) is 0. The number of rotatable bonds is 3. The third-order valence-corrected chi connectivity index (χ3v) is 11.1. The highest BCUT2D eigenvalue weighted by molar-refractivity contribution is 6.17. The van der Waals surface area contributed by atoms with Gasteiger partial charge in [0.1, 0.15) is 16.6 Å². The van der Waals surface area contributed by atoms with E-state index in [0.29, 0.717) is 0 Å². The highest BCUT2D eigenvalue weighted by Gasteiger charge is 2.44. The van der Waals surface area contributed by atoms with Crippen molar-refractivity contribution in [1.29, 1.82) is 0 Å². The second-order valence-corrected chi connectivity index (χ2v) is 13.9. The minimum Gasteiger partial charge on any atom is -0.456 e. The Morgan fingerprint density at radius 3 is 1.96 bits per heavy atom. The van der Waals surface area contributed by atoms with Gasteiger partial charge < -0.3 is 8.98 Å². The van der Waals surface area contributed by atoms with Gasteiger partial charge in [-0.25, -0.2) is 0 Å². The van der Waals surface area contributed by atoms with Gasteiger partial charge in [-0.1, -0.05) is 151 Å². The summed E-state index contributed by atoms with van der Waals surface area (Å²) >= 11 is 0. The summed E-state index contributed by atoms with van der Waals surface area (Å²) in [7, 11) is 0. The Hall–Kier alpha value is -7.08. The molecule has 0 spiro atoms. The Morgan fingerprint density at radius 1 is 0.434 bits per heavy atom. The van der Waals surface area contributed by atoms with Crippen LogP contribution in [0.3, 0.4) is 0 Å². The fourth-order valence-corrected chi connectivity index (χ4v) is 8.62. The Bertz CT molecular complexity index is 3100. The topological polar surface area (TPSA) is 18.1 Å². The molecule has 0 N–H and O–H groups in total. The number of aromatic nitrogens is 1. The highest BCUT2D eigenvalue weighted by Crippen LogP contribution is 2.53. The molecule has 8 aromatic carbocycles. The maximum atomic E-state index is 6.37. The lowest BCUT2D eigenvalue weighted by Gasteiger charge is -2.28. The SMILES string of the molecule is C(#CC1(c2ccc(-c3ccccc3)cc2)c2ccccc2-c2ccc(-n3c4ccccc4c4cc5oc6ccccc6c5cc43)cc21)c1ccccc1. The first-order chi connectivity index (χ1) is 26.3. The van der Waals surface area contributed by atoms with E-state index in [9.17, 15) is 0 Å². The van der Waals surface area contributed by atoms with E-state index in [4.69, 9.17) is 4.42 Å². The predicted molar refractivity (Wildman–Crippen MR) is 219 cm³/mol. The van der Waals surface area contributed by atoms with Crippen LogP contribution in [0.2, 0.25) is 0 Å². The molecule has 1 aliphatic rings. The first-order valence-electron chi connectivity index (χ1n) is 18.1. The molecular weight excluding hydrogens is 643 g/mol. The Morgan fingerprint density at radius 2 is 1.11 bits per heavy atom. The van der Waals surface area contributed by atoms with E-state index in [2.05, 4.69) is 186 Å². The first-order valence-corrected chi connectivity index (χ1v) is 18.1. The maximum Gasteiger partial charge on any atom is 0.136 e. The second kappa shape index (κ2) is 11.5. The zero-order chi connectivity index (χ0) is 34.9. The molecule has 2 nitrogen and oxygen atoms in total. The average Bonchev–Trinajstić information content (AvgIpc) is 3.85. The molecule has 1 aliphatic carbocycles. The molecule has 2 heterocycles. The van der Waals surface area contributed by atoms with E-state index in [-0.39, 0.29) is 0 Å². The van der Waals surface area contributed by atoms with Crippen LogP contribution in [0.4, 0.5) is 0 Å². The third-order valence-electron chi connectivity index (χ3n) is 11.1. The number of hydrogen-bond acceptors (Lipinski definition) is 1. The van der Waals surface area contributed by atoms with Crippen molar-refractivity contribution in [2.75, 3.05) is 0 Å². The van der Waals surface area contributed by atoms with Gasteiger partial charge in [0.25, 0.3) is 0 Å². The van der Waals surface area contributed by atoms with Gasteiger partial charge in [-0.2, -0.15) is 0 Å². The van der Waals surface area contributed by atoms with Gasteiger partial charge in [-0.05, 0) is 87.5 Å². The molecule has 0 fully saturated rings. The zero-order valence-corrected chi connectivity index (χ0v) is 28.8. The lowest BCUT2D eigenvalue weighted by Crippen LogP contribution is -2.25. The summed E-state index contributed by atoms with van der Waals surface area (Å²) in [5, 5.41) is 4.61. The van der Waals surface area contributed by atoms with Crippen LogP contribution in [-0.2, 0) is 5.41 Å². The fraction of sp³-hybridized carbons (Fsp3) is 0.0196. The van der Waals surface area contributed by atoms with E-state index in [1.54, 1.807) is 0 Å².